The summed E-state index contributed by atoms with van der Waals surface area (Å²) in [5.41, 5.74) is 7.65. The zero-order valence-electron chi connectivity index (χ0n) is 12.4. The van der Waals surface area contributed by atoms with Crippen LogP contribution in [0.3, 0.4) is 0 Å². The van der Waals surface area contributed by atoms with Crippen LogP contribution in [0.5, 0.6) is 0 Å². The van der Waals surface area contributed by atoms with Crippen molar-refractivity contribution in [2.24, 2.45) is 28.6 Å². The number of guanidine groups is 1. The highest BCUT2D eigenvalue weighted by atomic mass is 35.5. The van der Waals surface area contributed by atoms with E-state index in [1.807, 2.05) is 24.3 Å². The molecule has 3 rings (SSSR count). The third kappa shape index (κ3) is 2.79. The molecule has 0 bridgehead atoms. The average Bonchev–Trinajstić information content (AvgIpc) is 2.94. The number of hydrogen-bond acceptors (Lipinski definition) is 2. The summed E-state index contributed by atoms with van der Waals surface area (Å²) in [6, 6.07) is 7.69. The molecule has 22 heavy (non-hydrogen) atoms. The second-order valence-electron chi connectivity index (χ2n) is 5.77. The van der Waals surface area contributed by atoms with Gasteiger partial charge in [-0.15, -0.1) is 0 Å². The molecule has 1 aromatic rings. The van der Waals surface area contributed by atoms with Gasteiger partial charge in [-0.05, 0) is 29.5 Å². The molecule has 2 aliphatic rings. The largest absolute Gasteiger partial charge is 0.369 e. The molecule has 1 heterocycles. The number of allylic oxidation sites excluding steroid dienone is 4. The van der Waals surface area contributed by atoms with E-state index in [1.165, 1.54) is 0 Å². The Morgan fingerprint density at radius 3 is 2.59 bits per heavy atom. The number of hydrogen-bond donors (Lipinski definition) is 2. The van der Waals surface area contributed by atoms with Crippen LogP contribution in [0, 0.1) is 23.2 Å². The number of benzene rings is 1. The van der Waals surface area contributed by atoms with Gasteiger partial charge < -0.3 is 5.73 Å². The molecule has 0 saturated carbocycles. The molecule has 3 N–H and O–H groups in total. The highest BCUT2D eigenvalue weighted by Crippen LogP contribution is 2.34. The van der Waals surface area contributed by atoms with Crippen molar-refractivity contribution >= 4 is 23.3 Å². The average molecular weight is 315 g/mol. The van der Waals surface area contributed by atoms with Crippen molar-refractivity contribution in [3.05, 3.63) is 59.2 Å². The summed E-state index contributed by atoms with van der Waals surface area (Å²) in [7, 11) is 0. The van der Waals surface area contributed by atoms with E-state index in [2.05, 4.69) is 36.3 Å². The number of nitrogens with two attached hydrogens (primary N) is 1. The van der Waals surface area contributed by atoms with Crippen molar-refractivity contribution in [1.82, 2.24) is 5.01 Å². The lowest BCUT2D eigenvalue weighted by molar-refractivity contribution is 0.352. The predicted molar refractivity (Wildman–Crippen MR) is 91.0 cm³/mol. The van der Waals surface area contributed by atoms with Crippen LogP contribution in [-0.2, 0) is 0 Å². The van der Waals surface area contributed by atoms with Crippen LogP contribution in [0.25, 0.3) is 0 Å². The van der Waals surface area contributed by atoms with Gasteiger partial charge in [-0.1, -0.05) is 55.0 Å². The second-order valence-corrected chi connectivity index (χ2v) is 6.21. The number of hydrazone groups is 1. The Balaban J connectivity index is 1.96. The first-order valence-corrected chi connectivity index (χ1v) is 7.75. The standard InChI is InChI=1S/C17H19ClN4/c1-11-4-2-3-5-14(11)15-10-22(17(19)20)21-16(15)12-6-8-13(18)9-7-12/h2-9,11,14-15H,10H2,1H3,(H3,19,20)/t11?,14?,15-/m1/s1. The summed E-state index contributed by atoms with van der Waals surface area (Å²) in [5, 5.41) is 14.5. The summed E-state index contributed by atoms with van der Waals surface area (Å²) < 4.78 is 0. The van der Waals surface area contributed by atoms with E-state index in [4.69, 9.17) is 22.7 Å². The minimum atomic E-state index is -0.0167. The van der Waals surface area contributed by atoms with Crippen molar-refractivity contribution < 1.29 is 0 Å². The maximum Gasteiger partial charge on any atom is 0.209 e. The minimum Gasteiger partial charge on any atom is -0.369 e. The first kappa shape index (κ1) is 14.9. The van der Waals surface area contributed by atoms with Gasteiger partial charge in [0.25, 0.3) is 0 Å². The van der Waals surface area contributed by atoms with Gasteiger partial charge in [-0.3, -0.25) is 5.41 Å². The molecule has 1 aliphatic heterocycles. The zero-order chi connectivity index (χ0) is 15.7. The van der Waals surface area contributed by atoms with Crippen LogP contribution < -0.4 is 5.73 Å². The van der Waals surface area contributed by atoms with Gasteiger partial charge in [0.1, 0.15) is 0 Å². The zero-order valence-corrected chi connectivity index (χ0v) is 13.2. The molecule has 2 unspecified atom stereocenters. The van der Waals surface area contributed by atoms with Gasteiger partial charge in [0.15, 0.2) is 0 Å². The summed E-state index contributed by atoms with van der Waals surface area (Å²) >= 11 is 5.98. The van der Waals surface area contributed by atoms with Crippen molar-refractivity contribution in [3.63, 3.8) is 0 Å². The first-order valence-electron chi connectivity index (χ1n) is 7.37. The number of halogens is 1. The molecule has 114 valence electrons. The van der Waals surface area contributed by atoms with Crippen molar-refractivity contribution in [2.75, 3.05) is 6.54 Å². The molecule has 1 aromatic carbocycles. The topological polar surface area (TPSA) is 65.5 Å². The maximum atomic E-state index is 7.68. The van der Waals surface area contributed by atoms with Crippen LogP contribution in [0.4, 0.5) is 0 Å². The Morgan fingerprint density at radius 2 is 1.95 bits per heavy atom. The Kier molecular flexibility index (Phi) is 4.03. The van der Waals surface area contributed by atoms with Gasteiger partial charge in [-0.25, -0.2) is 5.01 Å². The van der Waals surface area contributed by atoms with Crippen LogP contribution in [0.2, 0.25) is 5.02 Å². The summed E-state index contributed by atoms with van der Waals surface area (Å²) in [4.78, 5) is 0. The Morgan fingerprint density at radius 1 is 1.27 bits per heavy atom. The number of nitrogens with one attached hydrogen (secondary N) is 1. The lowest BCUT2D eigenvalue weighted by Crippen LogP contribution is -2.35. The van der Waals surface area contributed by atoms with Gasteiger partial charge in [-0.2, -0.15) is 5.10 Å². The number of nitrogens with zero attached hydrogens (tertiary/aromatic N) is 2. The van der Waals surface area contributed by atoms with Gasteiger partial charge in [0.2, 0.25) is 5.96 Å². The lowest BCUT2D eigenvalue weighted by atomic mass is 9.76. The fraction of sp³-hybridized carbons (Fsp3) is 0.294. The van der Waals surface area contributed by atoms with E-state index >= 15 is 0 Å². The van der Waals surface area contributed by atoms with E-state index in [0.29, 0.717) is 23.4 Å². The Bertz CT molecular complexity index is 660. The molecule has 1 aliphatic carbocycles. The molecule has 0 fully saturated rings. The quantitative estimate of drug-likeness (QED) is 0.650. The van der Waals surface area contributed by atoms with Gasteiger partial charge in [0.05, 0.1) is 12.3 Å². The summed E-state index contributed by atoms with van der Waals surface area (Å²) in [6.07, 6.45) is 8.60. The molecule has 0 spiro atoms. The fourth-order valence-electron chi connectivity index (χ4n) is 3.10. The fourth-order valence-corrected chi connectivity index (χ4v) is 3.23. The van der Waals surface area contributed by atoms with Crippen LogP contribution in [0.15, 0.2) is 53.7 Å². The van der Waals surface area contributed by atoms with Crippen molar-refractivity contribution in [1.29, 1.82) is 5.41 Å². The SMILES string of the molecule is CC1C=CC=CC1[C@H]1CN(C(=N)N)N=C1c1ccc(Cl)cc1. The molecular formula is C17H19ClN4. The smallest absolute Gasteiger partial charge is 0.209 e. The molecular weight excluding hydrogens is 296 g/mol. The van der Waals surface area contributed by atoms with Crippen LogP contribution in [-0.4, -0.2) is 23.2 Å². The van der Waals surface area contributed by atoms with E-state index in [9.17, 15) is 0 Å². The third-order valence-electron chi connectivity index (χ3n) is 4.30. The summed E-state index contributed by atoms with van der Waals surface area (Å²) in [6.45, 7) is 2.85. The Hall–Kier alpha value is -2.07. The number of rotatable bonds is 2. The van der Waals surface area contributed by atoms with E-state index < -0.39 is 0 Å². The normalized spacial score (nSPS) is 27.1. The lowest BCUT2D eigenvalue weighted by Gasteiger charge is -2.27. The van der Waals surface area contributed by atoms with Gasteiger partial charge in [0, 0.05) is 10.9 Å². The predicted octanol–water partition coefficient (Wildman–Crippen LogP) is 3.25. The minimum absolute atomic E-state index is 0.0167. The van der Waals surface area contributed by atoms with Gasteiger partial charge >= 0.3 is 0 Å². The molecule has 0 aromatic heterocycles. The molecule has 4 nitrogen and oxygen atoms in total. The molecule has 0 amide bonds. The van der Waals surface area contributed by atoms with E-state index in [0.717, 1.165) is 11.3 Å². The Labute approximate surface area is 135 Å². The monoisotopic (exact) mass is 314 g/mol. The first-order chi connectivity index (χ1) is 10.6. The second kappa shape index (κ2) is 5.97. The van der Waals surface area contributed by atoms with Crippen LogP contribution in [0.1, 0.15) is 12.5 Å². The molecule has 0 radical (unpaired) electrons. The van der Waals surface area contributed by atoms with Crippen molar-refractivity contribution in [2.45, 2.75) is 6.92 Å². The molecule has 5 heteroatoms. The molecule has 3 atom stereocenters. The van der Waals surface area contributed by atoms with E-state index in [1.54, 1.807) is 5.01 Å². The van der Waals surface area contributed by atoms with Crippen molar-refractivity contribution in [3.8, 4) is 0 Å². The third-order valence-corrected chi connectivity index (χ3v) is 4.55. The maximum absolute atomic E-state index is 7.68. The van der Waals surface area contributed by atoms with Crippen LogP contribution >= 0.6 is 11.6 Å². The highest BCUT2D eigenvalue weighted by molar-refractivity contribution is 6.30. The highest BCUT2D eigenvalue weighted by Gasteiger charge is 2.36. The molecule has 0 saturated heterocycles. The summed E-state index contributed by atoms with van der Waals surface area (Å²) in [5.74, 6) is 0.974. The van der Waals surface area contributed by atoms with E-state index in [-0.39, 0.29) is 11.9 Å².